The average Bonchev–Trinajstić information content (AvgIpc) is 3.21. The lowest BCUT2D eigenvalue weighted by molar-refractivity contribution is 0.000172. The average molecular weight is 503 g/mol. The Morgan fingerprint density at radius 1 is 1.25 bits per heavy atom. The minimum Gasteiger partial charge on any atom is -0.477 e. The second-order valence-electron chi connectivity index (χ2n) is 9.41. The van der Waals surface area contributed by atoms with Crippen molar-refractivity contribution in [1.29, 1.82) is 0 Å². The van der Waals surface area contributed by atoms with Crippen LogP contribution >= 0.6 is 0 Å². The number of hydrogen-bond acceptors (Lipinski definition) is 7. The maximum Gasteiger partial charge on any atom is 0.341 e. The maximum absolute atomic E-state index is 15.3. The number of rotatable bonds is 5. The van der Waals surface area contributed by atoms with Crippen molar-refractivity contribution in [2.75, 3.05) is 24.5 Å². The predicted molar refractivity (Wildman–Crippen MR) is 127 cm³/mol. The third-order valence-electron chi connectivity index (χ3n) is 5.60. The van der Waals surface area contributed by atoms with Crippen molar-refractivity contribution >= 4 is 28.5 Å². The van der Waals surface area contributed by atoms with Crippen LogP contribution in [0.4, 0.5) is 19.0 Å². The fourth-order valence-electron chi connectivity index (χ4n) is 3.88. The van der Waals surface area contributed by atoms with Crippen LogP contribution in [-0.4, -0.2) is 51.6 Å². The topological polar surface area (TPSA) is 123 Å². The summed E-state index contributed by atoms with van der Waals surface area (Å²) in [5.41, 5.74) is 3.72. The van der Waals surface area contributed by atoms with Crippen LogP contribution < -0.4 is 16.1 Å². The molecule has 0 aliphatic carbocycles. The molecule has 0 radical (unpaired) electrons. The van der Waals surface area contributed by atoms with Crippen molar-refractivity contribution in [1.82, 2.24) is 9.55 Å². The molecule has 12 heteroatoms. The van der Waals surface area contributed by atoms with Crippen molar-refractivity contribution in [2.24, 2.45) is 16.8 Å². The van der Waals surface area contributed by atoms with E-state index >= 15 is 4.39 Å². The second kappa shape index (κ2) is 9.26. The molecule has 2 aromatic heterocycles. The molecule has 0 saturated carbocycles. The minimum absolute atomic E-state index is 0.135. The van der Waals surface area contributed by atoms with E-state index in [-0.39, 0.29) is 48.1 Å². The van der Waals surface area contributed by atoms with Gasteiger partial charge in [-0.3, -0.25) is 9.36 Å². The molecule has 3 heterocycles. The van der Waals surface area contributed by atoms with E-state index in [1.165, 1.54) is 0 Å². The van der Waals surface area contributed by atoms with Crippen molar-refractivity contribution in [3.8, 4) is 5.69 Å². The Bertz CT molecular complexity index is 1450. The van der Waals surface area contributed by atoms with Gasteiger partial charge in [-0.05, 0) is 39.0 Å². The van der Waals surface area contributed by atoms with Crippen molar-refractivity contribution in [3.63, 3.8) is 0 Å². The summed E-state index contributed by atoms with van der Waals surface area (Å²) in [6.07, 6.45) is 0.884. The maximum atomic E-state index is 15.3. The number of benzene rings is 1. The molecule has 1 atom stereocenters. The summed E-state index contributed by atoms with van der Waals surface area (Å²) < 4.78 is 44.4. The summed E-state index contributed by atoms with van der Waals surface area (Å²) in [5.74, 6) is -4.78. The highest BCUT2D eigenvalue weighted by molar-refractivity contribution is 5.95. The normalized spacial score (nSPS) is 17.2. The van der Waals surface area contributed by atoms with Crippen LogP contribution in [0.1, 0.15) is 31.1 Å². The molecular formula is C24H24F3N5O4. The van der Waals surface area contributed by atoms with Gasteiger partial charge >= 0.3 is 5.97 Å². The number of carbonyl (C=O) groups is 1. The van der Waals surface area contributed by atoms with Gasteiger partial charge in [-0.15, -0.1) is 0 Å². The molecule has 1 aromatic carbocycles. The van der Waals surface area contributed by atoms with Gasteiger partial charge in [0.15, 0.2) is 17.3 Å². The van der Waals surface area contributed by atoms with Gasteiger partial charge in [0.25, 0.3) is 0 Å². The van der Waals surface area contributed by atoms with E-state index in [1.807, 2.05) is 20.8 Å². The van der Waals surface area contributed by atoms with E-state index in [0.717, 1.165) is 29.0 Å². The highest BCUT2D eigenvalue weighted by Crippen LogP contribution is 2.28. The summed E-state index contributed by atoms with van der Waals surface area (Å²) in [4.78, 5) is 35.8. The summed E-state index contributed by atoms with van der Waals surface area (Å²) in [7, 11) is 0. The molecule has 1 fully saturated rings. The Kier molecular flexibility index (Phi) is 6.48. The predicted octanol–water partition coefficient (Wildman–Crippen LogP) is 3.07. The van der Waals surface area contributed by atoms with Gasteiger partial charge in [0.05, 0.1) is 23.3 Å². The van der Waals surface area contributed by atoms with E-state index in [4.69, 9.17) is 10.6 Å². The summed E-state index contributed by atoms with van der Waals surface area (Å²) in [6.45, 7) is 6.07. The summed E-state index contributed by atoms with van der Waals surface area (Å²) in [5, 5.41) is 13.3. The smallest absolute Gasteiger partial charge is 0.341 e. The monoisotopic (exact) mass is 503 g/mol. The largest absolute Gasteiger partial charge is 0.477 e. The molecule has 3 aromatic rings. The molecular weight excluding hydrogens is 479 g/mol. The number of fused-ring (bicyclic) bond motifs is 1. The third-order valence-corrected chi connectivity index (χ3v) is 5.60. The molecule has 9 nitrogen and oxygen atoms in total. The van der Waals surface area contributed by atoms with Gasteiger partial charge in [-0.2, -0.15) is 0 Å². The summed E-state index contributed by atoms with van der Waals surface area (Å²) >= 11 is 0. The molecule has 1 aliphatic heterocycles. The molecule has 1 saturated heterocycles. The van der Waals surface area contributed by atoms with Crippen LogP contribution in [0.3, 0.4) is 0 Å². The number of nitrogens with two attached hydrogens (primary N) is 1. The molecule has 3 N–H and O–H groups in total. The van der Waals surface area contributed by atoms with Gasteiger partial charge in [0, 0.05) is 31.3 Å². The number of oxime groups is 1. The van der Waals surface area contributed by atoms with Gasteiger partial charge < -0.3 is 20.6 Å². The molecule has 0 spiro atoms. The highest BCUT2D eigenvalue weighted by Gasteiger charge is 2.32. The Labute approximate surface area is 203 Å². The zero-order chi connectivity index (χ0) is 26.4. The second-order valence-corrected chi connectivity index (χ2v) is 9.41. The first-order chi connectivity index (χ1) is 16.9. The number of pyridine rings is 2. The third kappa shape index (κ3) is 4.76. The van der Waals surface area contributed by atoms with Crippen molar-refractivity contribution < 1.29 is 27.9 Å². The Balaban J connectivity index is 1.90. The molecule has 190 valence electrons. The number of carboxylic acid groups (broad SMARTS) is 1. The molecule has 1 unspecified atom stereocenters. The number of nitrogens with zero attached hydrogens (tertiary/aromatic N) is 4. The first-order valence-electron chi connectivity index (χ1n) is 11.0. The molecule has 0 bridgehead atoms. The minimum atomic E-state index is -1.59. The van der Waals surface area contributed by atoms with E-state index in [2.05, 4.69) is 10.1 Å². The number of aromatic nitrogens is 2. The lowest BCUT2D eigenvalue weighted by Crippen LogP contribution is -2.26. The summed E-state index contributed by atoms with van der Waals surface area (Å²) in [6, 6.07) is 3.51. The van der Waals surface area contributed by atoms with Crippen molar-refractivity contribution in [3.05, 3.63) is 63.7 Å². The van der Waals surface area contributed by atoms with Crippen LogP contribution in [0.15, 0.2) is 40.4 Å². The number of halogens is 3. The van der Waals surface area contributed by atoms with Crippen LogP contribution in [0.2, 0.25) is 0 Å². The number of aromatic carboxylic acids is 1. The lowest BCUT2D eigenvalue weighted by atomic mass is 10.1. The fourth-order valence-corrected chi connectivity index (χ4v) is 3.88. The molecule has 36 heavy (non-hydrogen) atoms. The zero-order valence-electron chi connectivity index (χ0n) is 19.8. The first kappa shape index (κ1) is 25.2. The Morgan fingerprint density at radius 3 is 2.58 bits per heavy atom. The Hall–Kier alpha value is -3.93. The lowest BCUT2D eigenvalue weighted by Gasteiger charge is -2.19. The van der Waals surface area contributed by atoms with Crippen molar-refractivity contribution in [2.45, 2.75) is 26.4 Å². The zero-order valence-corrected chi connectivity index (χ0v) is 19.8. The highest BCUT2D eigenvalue weighted by atomic mass is 19.1. The standard InChI is InChI=1S/C24H24F3N5O4/c1-24(2,3)36-30-18-11-31(9-12(18)8-28)22-17(27)7-14-20(33)15(23(34)35)10-32(21(14)29-22)19-5-4-13(25)6-16(19)26/h4-7,10,12H,8-9,11,28H2,1-3H3,(H,34,35)/b30-18+. The van der Waals surface area contributed by atoms with Gasteiger partial charge in [-0.25, -0.2) is 22.9 Å². The Morgan fingerprint density at radius 2 is 1.97 bits per heavy atom. The van der Waals surface area contributed by atoms with Crippen LogP contribution in [0, 0.1) is 23.4 Å². The van der Waals surface area contributed by atoms with Crippen LogP contribution in [0.5, 0.6) is 0 Å². The van der Waals surface area contributed by atoms with E-state index in [1.54, 1.807) is 4.90 Å². The van der Waals surface area contributed by atoms with E-state index in [9.17, 15) is 23.5 Å². The fraction of sp³-hybridized carbons (Fsp3) is 0.333. The molecule has 4 rings (SSSR count). The number of carboxylic acids is 1. The number of anilines is 1. The SMILES string of the molecule is CC(C)(C)O/N=C1\CN(c2nc3c(cc2F)c(=O)c(C(=O)O)cn3-c2ccc(F)cc2F)CC1CN. The van der Waals surface area contributed by atoms with Crippen LogP contribution in [0.25, 0.3) is 16.7 Å². The van der Waals surface area contributed by atoms with Gasteiger partial charge in [-0.1, -0.05) is 5.16 Å². The quantitative estimate of drug-likeness (QED) is 0.513. The molecule has 1 aliphatic rings. The molecule has 0 amide bonds. The van der Waals surface area contributed by atoms with Gasteiger partial charge in [0.2, 0.25) is 5.43 Å². The van der Waals surface area contributed by atoms with E-state index < -0.39 is 40.0 Å². The first-order valence-corrected chi connectivity index (χ1v) is 11.0. The van der Waals surface area contributed by atoms with Crippen LogP contribution in [-0.2, 0) is 4.84 Å². The van der Waals surface area contributed by atoms with E-state index in [0.29, 0.717) is 11.8 Å². The number of hydrogen-bond donors (Lipinski definition) is 2. The van der Waals surface area contributed by atoms with Gasteiger partial charge in [0.1, 0.15) is 22.8 Å².